The maximum atomic E-state index is 12.9. The third-order valence-electron chi connectivity index (χ3n) is 3.52. The van der Waals surface area contributed by atoms with Gasteiger partial charge in [0.1, 0.15) is 19.5 Å². The van der Waals surface area contributed by atoms with Crippen LogP contribution in [0, 0.1) is 13.8 Å². The lowest BCUT2D eigenvalue weighted by molar-refractivity contribution is -0.137. The molecule has 1 aromatic carbocycles. The second kappa shape index (κ2) is 13.4. The fourth-order valence-electron chi connectivity index (χ4n) is 1.93. The minimum Gasteiger partial charge on any atom is -0.398 e. The van der Waals surface area contributed by atoms with Gasteiger partial charge in [-0.1, -0.05) is 31.5 Å². The Hall–Kier alpha value is -1.75. The van der Waals surface area contributed by atoms with Crippen molar-refractivity contribution in [3.63, 3.8) is 0 Å². The van der Waals surface area contributed by atoms with Crippen LogP contribution in [0.1, 0.15) is 37.8 Å². The number of nitrogen functional groups attached to an aromatic ring is 1. The predicted molar refractivity (Wildman–Crippen MR) is 105 cm³/mol. The summed E-state index contributed by atoms with van der Waals surface area (Å²) in [6.45, 7) is 5.48. The highest BCUT2D eigenvalue weighted by molar-refractivity contribution is 7.84. The van der Waals surface area contributed by atoms with Crippen molar-refractivity contribution in [3.8, 4) is 0 Å². The number of aliphatic hydroxyl groups is 1. The zero-order chi connectivity index (χ0) is 21.7. The summed E-state index contributed by atoms with van der Waals surface area (Å²) in [5.41, 5.74) is 8.92. The summed E-state index contributed by atoms with van der Waals surface area (Å²) in [6, 6.07) is 6.05. The lowest BCUT2D eigenvalue weighted by Crippen LogP contribution is -2.39. The first-order valence-corrected chi connectivity index (χ1v) is 10.3. The van der Waals surface area contributed by atoms with Crippen LogP contribution < -0.4 is 5.73 Å². The van der Waals surface area contributed by atoms with Gasteiger partial charge in [0, 0.05) is 12.3 Å². The Kier molecular flexibility index (Phi) is 12.6. The van der Waals surface area contributed by atoms with Crippen molar-refractivity contribution in [2.24, 2.45) is 0 Å². The zero-order valence-corrected chi connectivity index (χ0v) is 17.7. The van der Waals surface area contributed by atoms with Crippen molar-refractivity contribution < 1.29 is 31.6 Å². The number of para-hydroxylation sites is 1. The van der Waals surface area contributed by atoms with Gasteiger partial charge in [0.05, 0.1) is 6.54 Å². The molecule has 0 saturated carbocycles. The Labute approximate surface area is 166 Å². The molecule has 1 aromatic rings. The van der Waals surface area contributed by atoms with Crippen LogP contribution in [0.15, 0.2) is 18.2 Å². The topological polar surface area (TPSA) is 119 Å². The van der Waals surface area contributed by atoms with Gasteiger partial charge in [0.25, 0.3) is 0 Å². The largest absolute Gasteiger partial charge is 0.398 e. The number of benzene rings is 1. The molecule has 1 rings (SSSR count). The predicted octanol–water partition coefficient (Wildman–Crippen LogP) is 2.09. The summed E-state index contributed by atoms with van der Waals surface area (Å²) in [5.74, 6) is -1.33. The molecule has 28 heavy (non-hydrogen) atoms. The molecule has 0 amide bonds. The SMILES string of the molecule is CCCCOCN(CC(C)F)S(=O)(=O)OC(=O)CO.Cc1cccc(C)c1N. The van der Waals surface area contributed by atoms with Crippen LogP contribution >= 0.6 is 0 Å². The van der Waals surface area contributed by atoms with E-state index in [0.29, 0.717) is 10.9 Å². The highest BCUT2D eigenvalue weighted by Crippen LogP contribution is 2.13. The first kappa shape index (κ1) is 26.2. The van der Waals surface area contributed by atoms with E-state index in [1.165, 1.54) is 6.92 Å². The van der Waals surface area contributed by atoms with E-state index in [-0.39, 0.29) is 0 Å². The maximum Gasteiger partial charge on any atom is 0.389 e. The van der Waals surface area contributed by atoms with Gasteiger partial charge in [0.15, 0.2) is 0 Å². The van der Waals surface area contributed by atoms with Crippen molar-refractivity contribution >= 4 is 22.0 Å². The van der Waals surface area contributed by atoms with E-state index < -0.39 is 42.3 Å². The number of alkyl halides is 1. The van der Waals surface area contributed by atoms with Gasteiger partial charge in [-0.05, 0) is 38.3 Å². The molecule has 3 N–H and O–H groups in total. The molecule has 10 heteroatoms. The molecule has 1 atom stereocenters. The minimum atomic E-state index is -4.46. The number of nitrogens with zero attached hydrogens (tertiary/aromatic N) is 1. The van der Waals surface area contributed by atoms with Crippen molar-refractivity contribution in [1.29, 1.82) is 0 Å². The fourth-order valence-corrected chi connectivity index (χ4v) is 2.91. The minimum absolute atomic E-state index is 0.317. The smallest absolute Gasteiger partial charge is 0.389 e. The van der Waals surface area contributed by atoms with Gasteiger partial charge in [0.2, 0.25) is 0 Å². The highest BCUT2D eigenvalue weighted by Gasteiger charge is 2.28. The van der Waals surface area contributed by atoms with Crippen molar-refractivity contribution in [2.45, 2.75) is 46.7 Å². The molecule has 0 bridgehead atoms. The normalized spacial score (nSPS) is 12.2. The number of aryl methyl sites for hydroxylation is 2. The summed E-state index contributed by atoms with van der Waals surface area (Å²) in [7, 11) is -4.46. The Balaban J connectivity index is 0.000000668. The Morgan fingerprint density at radius 1 is 1.32 bits per heavy atom. The molecule has 0 spiro atoms. The number of halogens is 1. The van der Waals surface area contributed by atoms with Crippen LogP contribution in [-0.4, -0.2) is 56.5 Å². The number of rotatable bonds is 10. The summed E-state index contributed by atoms with van der Waals surface area (Å²) < 4.78 is 45.9. The molecular weight excluding hydrogens is 391 g/mol. The lowest BCUT2D eigenvalue weighted by Gasteiger charge is -2.21. The highest BCUT2D eigenvalue weighted by atomic mass is 32.2. The van der Waals surface area contributed by atoms with E-state index in [4.69, 9.17) is 15.6 Å². The second-order valence-electron chi connectivity index (χ2n) is 6.18. The van der Waals surface area contributed by atoms with Gasteiger partial charge in [-0.25, -0.2) is 9.18 Å². The Morgan fingerprint density at radius 3 is 2.32 bits per heavy atom. The molecule has 162 valence electrons. The van der Waals surface area contributed by atoms with E-state index in [1.807, 2.05) is 39.0 Å². The quantitative estimate of drug-likeness (QED) is 0.337. The lowest BCUT2D eigenvalue weighted by atomic mass is 10.1. The summed E-state index contributed by atoms with van der Waals surface area (Å²) in [4.78, 5) is 10.8. The first-order valence-electron chi connectivity index (χ1n) is 8.91. The molecule has 0 aliphatic rings. The maximum absolute atomic E-state index is 12.9. The average Bonchev–Trinajstić information content (AvgIpc) is 2.62. The molecule has 0 heterocycles. The van der Waals surface area contributed by atoms with Crippen LogP contribution in [0.4, 0.5) is 10.1 Å². The summed E-state index contributed by atoms with van der Waals surface area (Å²) in [5, 5.41) is 8.44. The van der Waals surface area contributed by atoms with E-state index in [9.17, 15) is 17.6 Å². The van der Waals surface area contributed by atoms with E-state index in [1.54, 1.807) is 0 Å². The van der Waals surface area contributed by atoms with Gasteiger partial charge >= 0.3 is 16.3 Å². The molecule has 0 aliphatic carbocycles. The third-order valence-corrected chi connectivity index (χ3v) is 4.80. The van der Waals surface area contributed by atoms with Gasteiger partial charge in [-0.3, -0.25) is 0 Å². The van der Waals surface area contributed by atoms with Gasteiger partial charge in [-0.15, -0.1) is 4.31 Å². The van der Waals surface area contributed by atoms with E-state index in [0.717, 1.165) is 29.7 Å². The molecule has 0 aliphatic heterocycles. The molecule has 0 fully saturated rings. The molecular formula is C18H31FN2O6S. The number of ether oxygens (including phenoxy) is 1. The third kappa shape index (κ3) is 10.5. The van der Waals surface area contributed by atoms with Crippen molar-refractivity contribution in [1.82, 2.24) is 4.31 Å². The van der Waals surface area contributed by atoms with Gasteiger partial charge < -0.3 is 19.8 Å². The molecule has 0 aromatic heterocycles. The molecule has 1 unspecified atom stereocenters. The first-order chi connectivity index (χ1) is 13.0. The number of hydrogen-bond donors (Lipinski definition) is 2. The number of aliphatic hydroxyl groups excluding tert-OH is 1. The number of carbonyl (C=O) groups excluding carboxylic acids is 1. The number of hydrogen-bond acceptors (Lipinski definition) is 7. The van der Waals surface area contributed by atoms with Crippen LogP contribution in [0.25, 0.3) is 0 Å². The van der Waals surface area contributed by atoms with Crippen LogP contribution in [-0.2, 0) is 24.0 Å². The second-order valence-corrected chi connectivity index (χ2v) is 7.72. The average molecular weight is 423 g/mol. The van der Waals surface area contributed by atoms with E-state index >= 15 is 0 Å². The summed E-state index contributed by atoms with van der Waals surface area (Å²) in [6.07, 6.45) is 0.152. The zero-order valence-electron chi connectivity index (χ0n) is 16.9. The van der Waals surface area contributed by atoms with Crippen molar-refractivity contribution in [2.75, 3.05) is 32.2 Å². The molecule has 8 nitrogen and oxygen atoms in total. The number of nitrogens with two attached hydrogens (primary N) is 1. The monoisotopic (exact) mass is 422 g/mol. The van der Waals surface area contributed by atoms with Crippen LogP contribution in [0.3, 0.4) is 0 Å². The number of carbonyl (C=O) groups is 1. The fraction of sp³-hybridized carbons (Fsp3) is 0.611. The molecule has 0 radical (unpaired) electrons. The van der Waals surface area contributed by atoms with Crippen LogP contribution in [0.2, 0.25) is 0 Å². The number of anilines is 1. The van der Waals surface area contributed by atoms with E-state index in [2.05, 4.69) is 4.18 Å². The standard InChI is InChI=1S/C10H20FNO6S.C8H11N/c1-3-4-5-17-8-12(6-9(2)11)19(15,16)18-10(14)7-13;1-6-4-3-5-7(2)8(6)9/h9,13H,3-8H2,1-2H3;3-5H,9H2,1-2H3. The van der Waals surface area contributed by atoms with Crippen LogP contribution in [0.5, 0.6) is 0 Å². The van der Waals surface area contributed by atoms with Gasteiger partial charge in [-0.2, -0.15) is 8.42 Å². The Morgan fingerprint density at radius 2 is 1.89 bits per heavy atom. The number of unbranched alkanes of at least 4 members (excludes halogenated alkanes) is 1. The van der Waals surface area contributed by atoms with Crippen molar-refractivity contribution in [3.05, 3.63) is 29.3 Å². The molecule has 0 saturated heterocycles. The Bertz CT molecular complexity index is 677. The summed E-state index contributed by atoms with van der Waals surface area (Å²) >= 11 is 0.